The third-order valence-electron chi connectivity index (χ3n) is 2.89. The van der Waals surface area contributed by atoms with Crippen molar-refractivity contribution in [3.05, 3.63) is 0 Å². The fourth-order valence-electron chi connectivity index (χ4n) is 1.72. The van der Waals surface area contributed by atoms with Gasteiger partial charge in [-0.15, -0.1) is 0 Å². The predicted octanol–water partition coefficient (Wildman–Crippen LogP) is 4.01. The number of halogens is 1. The molecule has 0 saturated carbocycles. The van der Waals surface area contributed by atoms with Gasteiger partial charge in [0.2, 0.25) is 0 Å². The van der Waals surface area contributed by atoms with Crippen LogP contribution in [0, 0.1) is 0 Å². The van der Waals surface area contributed by atoms with Crippen molar-refractivity contribution in [3.63, 3.8) is 0 Å². The van der Waals surface area contributed by atoms with Gasteiger partial charge in [-0.1, -0.05) is 38.3 Å². The molecule has 0 saturated heterocycles. The molecule has 0 N–H and O–H groups in total. The van der Waals surface area contributed by atoms with E-state index < -0.39 is 0 Å². The molecule has 0 aliphatic rings. The van der Waals surface area contributed by atoms with Crippen LogP contribution in [0.1, 0.15) is 52.4 Å². The lowest BCUT2D eigenvalue weighted by atomic mass is 10.2. The van der Waals surface area contributed by atoms with Crippen molar-refractivity contribution in [2.24, 2.45) is 0 Å². The first kappa shape index (κ1) is 14.2. The summed E-state index contributed by atoms with van der Waals surface area (Å²) in [7, 11) is 2.29. The molecule has 0 aromatic rings. The number of nitrogens with zero attached hydrogens (tertiary/aromatic N) is 1. The van der Waals surface area contributed by atoms with Gasteiger partial charge in [-0.25, -0.2) is 0 Å². The molecule has 0 bridgehead atoms. The SMILES string of the molecule is CCCCC[N+](C)(CCl)CCCCC. The number of rotatable bonds is 9. The van der Waals surface area contributed by atoms with Crippen LogP contribution in [0.2, 0.25) is 0 Å². The van der Waals surface area contributed by atoms with Crippen molar-refractivity contribution < 1.29 is 4.48 Å². The highest BCUT2D eigenvalue weighted by atomic mass is 35.5. The number of quaternary nitrogens is 1. The third-order valence-corrected chi connectivity index (χ3v) is 3.47. The van der Waals surface area contributed by atoms with Crippen LogP contribution < -0.4 is 0 Å². The number of hydrogen-bond donors (Lipinski definition) is 0. The van der Waals surface area contributed by atoms with E-state index in [1.165, 1.54) is 51.6 Å². The van der Waals surface area contributed by atoms with Crippen molar-refractivity contribution in [2.75, 3.05) is 26.1 Å². The Hall–Kier alpha value is 0.250. The summed E-state index contributed by atoms with van der Waals surface area (Å²) in [5.41, 5.74) is 0. The molecule has 0 unspecified atom stereocenters. The quantitative estimate of drug-likeness (QED) is 0.238. The largest absolute Gasteiger partial charge is 0.313 e. The maximum Gasteiger partial charge on any atom is 0.154 e. The second-order valence-corrected chi connectivity index (χ2v) is 4.84. The van der Waals surface area contributed by atoms with Crippen LogP contribution >= 0.6 is 11.6 Å². The normalized spacial score (nSPS) is 12.0. The highest BCUT2D eigenvalue weighted by Gasteiger charge is 2.18. The van der Waals surface area contributed by atoms with Crippen molar-refractivity contribution in [1.82, 2.24) is 0 Å². The van der Waals surface area contributed by atoms with Crippen LogP contribution in [-0.4, -0.2) is 30.6 Å². The van der Waals surface area contributed by atoms with Crippen molar-refractivity contribution in [1.29, 1.82) is 0 Å². The maximum absolute atomic E-state index is 6.04. The molecular formula is C12H27ClN+. The summed E-state index contributed by atoms with van der Waals surface area (Å²) >= 11 is 6.04. The fourth-order valence-corrected chi connectivity index (χ4v) is 1.96. The Morgan fingerprint density at radius 2 is 1.29 bits per heavy atom. The lowest BCUT2D eigenvalue weighted by molar-refractivity contribution is -0.899. The first-order chi connectivity index (χ1) is 6.68. The maximum atomic E-state index is 6.04. The Balaban J connectivity index is 3.67. The standard InChI is InChI=1S/C12H27ClN/c1-4-6-8-10-14(3,12-13)11-9-7-5-2/h4-12H2,1-3H3/q+1. The van der Waals surface area contributed by atoms with Gasteiger partial charge in [-0.05, 0) is 25.7 Å². The Morgan fingerprint density at radius 1 is 0.857 bits per heavy atom. The summed E-state index contributed by atoms with van der Waals surface area (Å²) in [4.78, 5) is 0. The van der Waals surface area contributed by atoms with E-state index in [-0.39, 0.29) is 0 Å². The molecule has 1 nitrogen and oxygen atoms in total. The van der Waals surface area contributed by atoms with Crippen molar-refractivity contribution >= 4 is 11.6 Å². The van der Waals surface area contributed by atoms with Crippen LogP contribution in [0.3, 0.4) is 0 Å². The van der Waals surface area contributed by atoms with Gasteiger partial charge in [0.25, 0.3) is 0 Å². The Bertz CT molecular complexity index is 115. The molecule has 0 atom stereocenters. The Labute approximate surface area is 95.0 Å². The molecule has 0 heterocycles. The highest BCUT2D eigenvalue weighted by molar-refractivity contribution is 6.16. The Kier molecular flexibility index (Phi) is 8.70. The highest BCUT2D eigenvalue weighted by Crippen LogP contribution is 2.11. The molecule has 0 aliphatic heterocycles. The molecule has 0 aliphatic carbocycles. The zero-order valence-corrected chi connectivity index (χ0v) is 10.9. The van der Waals surface area contributed by atoms with Crippen LogP contribution in [-0.2, 0) is 0 Å². The molecule has 86 valence electrons. The second kappa shape index (κ2) is 8.55. The van der Waals surface area contributed by atoms with E-state index in [2.05, 4.69) is 20.9 Å². The van der Waals surface area contributed by atoms with Gasteiger partial charge in [0.15, 0.2) is 6.00 Å². The zero-order valence-electron chi connectivity index (χ0n) is 10.2. The van der Waals surface area contributed by atoms with E-state index >= 15 is 0 Å². The molecule has 0 radical (unpaired) electrons. The molecule has 2 heteroatoms. The molecule has 0 fully saturated rings. The number of alkyl halides is 1. The monoisotopic (exact) mass is 220 g/mol. The average Bonchev–Trinajstić information content (AvgIpc) is 2.19. The van der Waals surface area contributed by atoms with Gasteiger partial charge in [0, 0.05) is 0 Å². The molecule has 0 aromatic carbocycles. The molecule has 0 rings (SSSR count). The molecule has 0 amide bonds. The predicted molar refractivity (Wildman–Crippen MR) is 65.7 cm³/mol. The van der Waals surface area contributed by atoms with Gasteiger partial charge < -0.3 is 4.48 Å². The second-order valence-electron chi connectivity index (χ2n) is 4.60. The van der Waals surface area contributed by atoms with Gasteiger partial charge in [0.1, 0.15) is 0 Å². The van der Waals surface area contributed by atoms with Gasteiger partial charge in [-0.3, -0.25) is 0 Å². The van der Waals surface area contributed by atoms with E-state index in [4.69, 9.17) is 11.6 Å². The summed E-state index contributed by atoms with van der Waals surface area (Å²) in [5.74, 6) is 0. The number of unbranched alkanes of at least 4 members (excludes halogenated alkanes) is 4. The molecule has 0 aromatic heterocycles. The minimum atomic E-state index is 0.771. The van der Waals surface area contributed by atoms with Crippen LogP contribution in [0.5, 0.6) is 0 Å². The Morgan fingerprint density at radius 3 is 1.57 bits per heavy atom. The van der Waals surface area contributed by atoms with Gasteiger partial charge in [0.05, 0.1) is 20.1 Å². The van der Waals surface area contributed by atoms with Crippen molar-refractivity contribution in [2.45, 2.75) is 52.4 Å². The minimum absolute atomic E-state index is 0.771. The molecule has 14 heavy (non-hydrogen) atoms. The topological polar surface area (TPSA) is 0 Å². The van der Waals surface area contributed by atoms with E-state index in [1.807, 2.05) is 0 Å². The van der Waals surface area contributed by atoms with Crippen LogP contribution in [0.25, 0.3) is 0 Å². The van der Waals surface area contributed by atoms with Crippen LogP contribution in [0.15, 0.2) is 0 Å². The first-order valence-corrected chi connectivity index (χ1v) is 6.61. The molecule has 0 spiro atoms. The lowest BCUT2D eigenvalue weighted by Gasteiger charge is -2.32. The summed E-state index contributed by atoms with van der Waals surface area (Å²) in [6.07, 6.45) is 7.95. The zero-order chi connectivity index (χ0) is 10.9. The van der Waals surface area contributed by atoms with Crippen LogP contribution in [0.4, 0.5) is 0 Å². The van der Waals surface area contributed by atoms with E-state index in [0.717, 1.165) is 10.5 Å². The van der Waals surface area contributed by atoms with E-state index in [9.17, 15) is 0 Å². The fraction of sp³-hybridized carbons (Fsp3) is 1.00. The summed E-state index contributed by atoms with van der Waals surface area (Å²) < 4.78 is 1.06. The summed E-state index contributed by atoms with van der Waals surface area (Å²) in [5, 5.41) is 0. The van der Waals surface area contributed by atoms with E-state index in [1.54, 1.807) is 0 Å². The molecular weight excluding hydrogens is 194 g/mol. The number of hydrogen-bond acceptors (Lipinski definition) is 0. The van der Waals surface area contributed by atoms with Crippen molar-refractivity contribution in [3.8, 4) is 0 Å². The summed E-state index contributed by atoms with van der Waals surface area (Å²) in [6, 6.07) is 0.771. The minimum Gasteiger partial charge on any atom is -0.313 e. The lowest BCUT2D eigenvalue weighted by Crippen LogP contribution is -2.44. The summed E-state index contributed by atoms with van der Waals surface area (Å²) in [6.45, 7) is 7.01. The first-order valence-electron chi connectivity index (χ1n) is 6.08. The van der Waals surface area contributed by atoms with Gasteiger partial charge >= 0.3 is 0 Å². The third kappa shape index (κ3) is 6.67. The average molecular weight is 221 g/mol. The van der Waals surface area contributed by atoms with E-state index in [0.29, 0.717) is 0 Å². The smallest absolute Gasteiger partial charge is 0.154 e. The van der Waals surface area contributed by atoms with Gasteiger partial charge in [-0.2, -0.15) is 0 Å².